The molecule has 1 aromatic rings. The number of likely N-dealkylation sites (N-methyl/N-ethyl adjacent to an activating group) is 4. The summed E-state index contributed by atoms with van der Waals surface area (Å²) in [6.07, 6.45) is 0.660. The monoisotopic (exact) mass is 392 g/mol. The van der Waals surface area contributed by atoms with Crippen LogP contribution in [0.3, 0.4) is 0 Å². The standard InChI is InChI=1S/C13H20N2O.C9H20N2O/c1-14-8-9-15(2)11-13(10-14)16-12-6-4-3-5-7-12;1-4-12-9-7-10(2)5-6-11(3)8-9/h3-7,13H,8-11H2,1-2H3;9H,4-8H2,1-3H3. The van der Waals surface area contributed by atoms with Crippen molar-refractivity contribution in [3.8, 4) is 5.75 Å². The molecule has 0 aliphatic carbocycles. The van der Waals surface area contributed by atoms with E-state index >= 15 is 0 Å². The second kappa shape index (κ2) is 12.4. The maximum atomic E-state index is 5.99. The predicted octanol–water partition coefficient (Wildman–Crippen LogP) is 1.58. The number of hydrogen-bond donors (Lipinski definition) is 0. The molecule has 0 atom stereocenters. The van der Waals surface area contributed by atoms with Crippen LogP contribution in [0.25, 0.3) is 0 Å². The zero-order valence-electron chi connectivity index (χ0n) is 18.5. The van der Waals surface area contributed by atoms with Gasteiger partial charge >= 0.3 is 0 Å². The van der Waals surface area contributed by atoms with Crippen molar-refractivity contribution in [1.82, 2.24) is 19.6 Å². The molecule has 6 nitrogen and oxygen atoms in total. The average Bonchev–Trinajstić information content (AvgIpc) is 2.91. The summed E-state index contributed by atoms with van der Waals surface area (Å²) >= 11 is 0. The highest BCUT2D eigenvalue weighted by Gasteiger charge is 2.20. The van der Waals surface area contributed by atoms with Gasteiger partial charge in [0.1, 0.15) is 11.9 Å². The average molecular weight is 393 g/mol. The Balaban J connectivity index is 0.000000209. The van der Waals surface area contributed by atoms with Crippen LogP contribution in [0.4, 0.5) is 0 Å². The van der Waals surface area contributed by atoms with E-state index in [1.165, 1.54) is 0 Å². The number of benzene rings is 1. The minimum atomic E-state index is 0.264. The van der Waals surface area contributed by atoms with Crippen molar-refractivity contribution >= 4 is 0 Å². The molecule has 6 heteroatoms. The fraction of sp³-hybridized carbons (Fsp3) is 0.727. The summed E-state index contributed by atoms with van der Waals surface area (Å²) in [5, 5.41) is 0. The minimum Gasteiger partial charge on any atom is -0.488 e. The van der Waals surface area contributed by atoms with Gasteiger partial charge in [0.05, 0.1) is 6.10 Å². The van der Waals surface area contributed by atoms with Gasteiger partial charge < -0.3 is 29.1 Å². The second-order valence-electron chi connectivity index (χ2n) is 8.18. The summed E-state index contributed by atoms with van der Waals surface area (Å²) in [5.74, 6) is 0.969. The number of hydrogen-bond acceptors (Lipinski definition) is 6. The Morgan fingerprint density at radius 2 is 1.14 bits per heavy atom. The van der Waals surface area contributed by atoms with Gasteiger partial charge in [-0.1, -0.05) is 18.2 Å². The lowest BCUT2D eigenvalue weighted by Crippen LogP contribution is -2.35. The van der Waals surface area contributed by atoms with Crippen LogP contribution < -0.4 is 4.74 Å². The van der Waals surface area contributed by atoms with Crippen molar-refractivity contribution in [1.29, 1.82) is 0 Å². The Bertz CT molecular complexity index is 507. The summed E-state index contributed by atoms with van der Waals surface area (Å²) in [5.41, 5.74) is 0. The van der Waals surface area contributed by atoms with Crippen molar-refractivity contribution in [3.63, 3.8) is 0 Å². The van der Waals surface area contributed by atoms with Crippen LogP contribution in [-0.2, 0) is 4.74 Å². The maximum Gasteiger partial charge on any atom is 0.124 e. The molecule has 0 spiro atoms. The molecule has 0 unspecified atom stereocenters. The van der Waals surface area contributed by atoms with E-state index < -0.39 is 0 Å². The minimum absolute atomic E-state index is 0.264. The summed E-state index contributed by atoms with van der Waals surface area (Å²) in [4.78, 5) is 9.34. The second-order valence-corrected chi connectivity index (χ2v) is 8.18. The molecule has 0 bridgehead atoms. The SMILES string of the molecule is CCOC1CN(C)CCN(C)C1.CN1CCN(C)CC(Oc2ccccc2)C1. The highest BCUT2D eigenvalue weighted by molar-refractivity contribution is 5.21. The lowest BCUT2D eigenvalue weighted by molar-refractivity contribution is 0.0364. The van der Waals surface area contributed by atoms with E-state index in [-0.39, 0.29) is 6.10 Å². The summed E-state index contributed by atoms with van der Waals surface area (Å²) in [6.45, 7) is 11.6. The molecule has 0 saturated carbocycles. The van der Waals surface area contributed by atoms with Crippen molar-refractivity contribution in [2.24, 2.45) is 0 Å². The number of ether oxygens (including phenoxy) is 2. The van der Waals surface area contributed by atoms with Crippen molar-refractivity contribution < 1.29 is 9.47 Å². The third-order valence-corrected chi connectivity index (χ3v) is 5.24. The van der Waals surface area contributed by atoms with Gasteiger partial charge in [0, 0.05) is 59.0 Å². The van der Waals surface area contributed by atoms with Crippen LogP contribution >= 0.6 is 0 Å². The third kappa shape index (κ3) is 8.88. The predicted molar refractivity (Wildman–Crippen MR) is 116 cm³/mol. The van der Waals surface area contributed by atoms with Crippen LogP contribution in [0, 0.1) is 0 Å². The molecule has 2 heterocycles. The first kappa shape index (κ1) is 23.1. The van der Waals surface area contributed by atoms with E-state index in [1.54, 1.807) is 0 Å². The zero-order valence-corrected chi connectivity index (χ0v) is 18.5. The van der Waals surface area contributed by atoms with Crippen molar-refractivity contribution in [2.45, 2.75) is 19.1 Å². The van der Waals surface area contributed by atoms with E-state index in [4.69, 9.17) is 9.47 Å². The Morgan fingerprint density at radius 3 is 1.57 bits per heavy atom. The smallest absolute Gasteiger partial charge is 0.124 e. The zero-order chi connectivity index (χ0) is 20.4. The van der Waals surface area contributed by atoms with Crippen molar-refractivity contribution in [3.05, 3.63) is 30.3 Å². The van der Waals surface area contributed by atoms with Gasteiger partial charge in [0.2, 0.25) is 0 Å². The molecule has 1 aromatic carbocycles. The molecular formula is C22H40N4O2. The highest BCUT2D eigenvalue weighted by atomic mass is 16.5. The molecule has 0 N–H and O–H groups in total. The van der Waals surface area contributed by atoms with Crippen LogP contribution in [-0.4, -0.2) is 119 Å². The molecule has 0 amide bonds. The van der Waals surface area contributed by atoms with Crippen LogP contribution in [0.5, 0.6) is 5.75 Å². The topological polar surface area (TPSA) is 31.4 Å². The molecule has 0 radical (unpaired) electrons. The summed E-state index contributed by atoms with van der Waals surface area (Å²) < 4.78 is 11.6. The van der Waals surface area contributed by atoms with Gasteiger partial charge in [-0.2, -0.15) is 0 Å². The van der Waals surface area contributed by atoms with Gasteiger partial charge in [0.15, 0.2) is 0 Å². The van der Waals surface area contributed by atoms with E-state index in [0.717, 1.165) is 64.7 Å². The lowest BCUT2D eigenvalue weighted by atomic mass is 10.3. The first-order valence-electron chi connectivity index (χ1n) is 10.5. The Labute approximate surface area is 172 Å². The van der Waals surface area contributed by atoms with E-state index in [2.05, 4.69) is 54.7 Å². The van der Waals surface area contributed by atoms with Crippen molar-refractivity contribution in [2.75, 3.05) is 87.2 Å². The van der Waals surface area contributed by atoms with Gasteiger partial charge in [-0.05, 0) is 47.2 Å². The molecule has 160 valence electrons. The Kier molecular flexibility index (Phi) is 10.2. The van der Waals surface area contributed by atoms with Gasteiger partial charge in [-0.15, -0.1) is 0 Å². The van der Waals surface area contributed by atoms with Crippen LogP contribution in [0.15, 0.2) is 30.3 Å². The first-order valence-corrected chi connectivity index (χ1v) is 10.5. The molecule has 28 heavy (non-hydrogen) atoms. The molecule has 2 aliphatic rings. The van der Waals surface area contributed by atoms with Crippen LogP contribution in [0.2, 0.25) is 0 Å². The lowest BCUT2D eigenvalue weighted by Gasteiger charge is -2.22. The molecule has 2 aliphatic heterocycles. The third-order valence-electron chi connectivity index (χ3n) is 5.24. The number of para-hydroxylation sites is 1. The highest BCUT2D eigenvalue weighted by Crippen LogP contribution is 2.13. The summed E-state index contributed by atoms with van der Waals surface area (Å²) in [6, 6.07) is 10.1. The number of rotatable bonds is 4. The van der Waals surface area contributed by atoms with E-state index in [9.17, 15) is 0 Å². The Hall–Kier alpha value is -1.18. The normalized spacial score (nSPS) is 22.2. The van der Waals surface area contributed by atoms with Crippen LogP contribution in [0.1, 0.15) is 6.92 Å². The summed E-state index contributed by atoms with van der Waals surface area (Å²) in [7, 11) is 8.62. The van der Waals surface area contributed by atoms with E-state index in [1.807, 2.05) is 30.3 Å². The molecular weight excluding hydrogens is 352 g/mol. The van der Waals surface area contributed by atoms with Gasteiger partial charge in [-0.3, -0.25) is 0 Å². The molecule has 2 saturated heterocycles. The molecule has 3 rings (SSSR count). The quantitative estimate of drug-likeness (QED) is 0.773. The maximum absolute atomic E-state index is 5.99. The largest absolute Gasteiger partial charge is 0.488 e. The Morgan fingerprint density at radius 1 is 0.714 bits per heavy atom. The van der Waals surface area contributed by atoms with Gasteiger partial charge in [0.25, 0.3) is 0 Å². The first-order chi connectivity index (χ1) is 13.5. The van der Waals surface area contributed by atoms with Gasteiger partial charge in [-0.25, -0.2) is 0 Å². The fourth-order valence-electron chi connectivity index (χ4n) is 3.66. The fourth-order valence-corrected chi connectivity index (χ4v) is 3.66. The van der Waals surface area contributed by atoms with E-state index in [0.29, 0.717) is 6.10 Å². The number of nitrogens with zero attached hydrogens (tertiary/aromatic N) is 4. The molecule has 2 fully saturated rings. The molecule has 0 aromatic heterocycles.